The number of rotatable bonds is 3. The number of amides is 1. The van der Waals surface area contributed by atoms with Crippen LogP contribution in [0.2, 0.25) is 0 Å². The maximum absolute atomic E-state index is 11.2. The van der Waals surface area contributed by atoms with Gasteiger partial charge in [-0.15, -0.1) is 0 Å². The zero-order valence-corrected chi connectivity index (χ0v) is 8.79. The molecule has 0 aromatic rings. The molecular formula is C10H20N2O2. The first-order chi connectivity index (χ1) is 6.77. The Morgan fingerprint density at radius 3 is 2.86 bits per heavy atom. The van der Waals surface area contributed by atoms with Crippen LogP contribution >= 0.6 is 0 Å². The van der Waals surface area contributed by atoms with Crippen molar-refractivity contribution in [2.75, 3.05) is 13.2 Å². The normalized spacial score (nSPS) is 27.0. The Morgan fingerprint density at radius 2 is 2.21 bits per heavy atom. The van der Waals surface area contributed by atoms with Crippen molar-refractivity contribution in [2.24, 2.45) is 11.7 Å². The summed E-state index contributed by atoms with van der Waals surface area (Å²) >= 11 is 0. The molecule has 0 bridgehead atoms. The maximum atomic E-state index is 11.2. The van der Waals surface area contributed by atoms with Gasteiger partial charge in [0.15, 0.2) is 0 Å². The maximum Gasteiger partial charge on any atom is 0.407 e. The van der Waals surface area contributed by atoms with Gasteiger partial charge in [-0.1, -0.05) is 12.8 Å². The van der Waals surface area contributed by atoms with Crippen molar-refractivity contribution in [1.82, 2.24) is 5.32 Å². The van der Waals surface area contributed by atoms with Crippen LogP contribution in [0.3, 0.4) is 0 Å². The van der Waals surface area contributed by atoms with Gasteiger partial charge >= 0.3 is 6.09 Å². The van der Waals surface area contributed by atoms with E-state index in [1.54, 1.807) is 6.92 Å². The Bertz CT molecular complexity index is 185. The summed E-state index contributed by atoms with van der Waals surface area (Å²) in [5.74, 6) is 0.424. The largest absolute Gasteiger partial charge is 0.450 e. The van der Waals surface area contributed by atoms with Gasteiger partial charge in [0.05, 0.1) is 6.61 Å². The lowest BCUT2D eigenvalue weighted by Crippen LogP contribution is -2.44. The van der Waals surface area contributed by atoms with E-state index in [-0.39, 0.29) is 12.1 Å². The van der Waals surface area contributed by atoms with Crippen LogP contribution in [-0.4, -0.2) is 25.3 Å². The quantitative estimate of drug-likeness (QED) is 0.720. The van der Waals surface area contributed by atoms with Gasteiger partial charge in [0.1, 0.15) is 0 Å². The second-order valence-corrected chi connectivity index (χ2v) is 3.75. The molecule has 0 saturated heterocycles. The number of nitrogens with two attached hydrogens (primary N) is 1. The minimum Gasteiger partial charge on any atom is -0.450 e. The second-order valence-electron chi connectivity index (χ2n) is 3.75. The van der Waals surface area contributed by atoms with Gasteiger partial charge < -0.3 is 15.8 Å². The zero-order chi connectivity index (χ0) is 10.4. The van der Waals surface area contributed by atoms with Crippen LogP contribution in [0.5, 0.6) is 0 Å². The number of carbonyl (C=O) groups excluding carboxylic acids is 1. The van der Waals surface area contributed by atoms with Crippen molar-refractivity contribution >= 4 is 6.09 Å². The Kier molecular flexibility index (Phi) is 4.73. The van der Waals surface area contributed by atoms with Crippen molar-refractivity contribution in [3.8, 4) is 0 Å². The molecule has 14 heavy (non-hydrogen) atoms. The van der Waals surface area contributed by atoms with Crippen LogP contribution in [-0.2, 0) is 4.74 Å². The molecule has 1 rings (SSSR count). The zero-order valence-electron chi connectivity index (χ0n) is 8.79. The SMILES string of the molecule is CCOC(=O)NC1CCCCC1CN. The molecule has 3 N–H and O–H groups in total. The molecule has 1 aliphatic carbocycles. The van der Waals surface area contributed by atoms with E-state index >= 15 is 0 Å². The fraction of sp³-hybridized carbons (Fsp3) is 0.900. The molecule has 0 aromatic heterocycles. The first kappa shape index (κ1) is 11.3. The molecule has 1 fully saturated rings. The summed E-state index contributed by atoms with van der Waals surface area (Å²) in [6.07, 6.45) is 4.24. The third-order valence-corrected chi connectivity index (χ3v) is 2.79. The summed E-state index contributed by atoms with van der Waals surface area (Å²) in [6.45, 7) is 2.88. The van der Waals surface area contributed by atoms with Gasteiger partial charge in [-0.25, -0.2) is 4.79 Å². The average molecular weight is 200 g/mol. The molecule has 0 aliphatic heterocycles. The van der Waals surface area contributed by atoms with E-state index in [2.05, 4.69) is 5.32 Å². The predicted octanol–water partition coefficient (Wildman–Crippen LogP) is 1.25. The summed E-state index contributed by atoms with van der Waals surface area (Å²) < 4.78 is 4.85. The molecular weight excluding hydrogens is 180 g/mol. The van der Waals surface area contributed by atoms with Crippen LogP contribution < -0.4 is 11.1 Å². The lowest BCUT2D eigenvalue weighted by atomic mass is 9.85. The van der Waals surface area contributed by atoms with E-state index in [0.717, 1.165) is 12.8 Å². The summed E-state index contributed by atoms with van der Waals surface area (Å²) in [5.41, 5.74) is 5.65. The van der Waals surface area contributed by atoms with E-state index < -0.39 is 0 Å². The molecule has 1 aliphatic rings. The van der Waals surface area contributed by atoms with Crippen molar-refractivity contribution in [2.45, 2.75) is 38.6 Å². The topological polar surface area (TPSA) is 64.3 Å². The summed E-state index contributed by atoms with van der Waals surface area (Å²) in [6, 6.07) is 0.216. The monoisotopic (exact) mass is 200 g/mol. The minimum absolute atomic E-state index is 0.216. The first-order valence-electron chi connectivity index (χ1n) is 5.41. The number of nitrogens with one attached hydrogen (secondary N) is 1. The molecule has 82 valence electrons. The first-order valence-corrected chi connectivity index (χ1v) is 5.41. The predicted molar refractivity (Wildman–Crippen MR) is 55.0 cm³/mol. The molecule has 1 saturated carbocycles. The summed E-state index contributed by atoms with van der Waals surface area (Å²) in [4.78, 5) is 11.2. The Hall–Kier alpha value is -0.770. The van der Waals surface area contributed by atoms with Gasteiger partial charge in [-0.05, 0) is 32.2 Å². The van der Waals surface area contributed by atoms with Gasteiger partial charge in [0, 0.05) is 6.04 Å². The fourth-order valence-electron chi connectivity index (χ4n) is 2.00. The molecule has 2 unspecified atom stereocenters. The van der Waals surface area contributed by atoms with Gasteiger partial charge in [0.2, 0.25) is 0 Å². The number of carbonyl (C=O) groups is 1. The average Bonchev–Trinajstić information content (AvgIpc) is 2.19. The van der Waals surface area contributed by atoms with Crippen LogP contribution in [0, 0.1) is 5.92 Å². The van der Waals surface area contributed by atoms with E-state index in [0.29, 0.717) is 19.1 Å². The van der Waals surface area contributed by atoms with Crippen LogP contribution in [0.25, 0.3) is 0 Å². The lowest BCUT2D eigenvalue weighted by Gasteiger charge is -2.30. The molecule has 0 aromatic carbocycles. The molecule has 4 heteroatoms. The van der Waals surface area contributed by atoms with Crippen molar-refractivity contribution in [3.05, 3.63) is 0 Å². The van der Waals surface area contributed by atoms with E-state index in [1.807, 2.05) is 0 Å². The highest BCUT2D eigenvalue weighted by molar-refractivity contribution is 5.67. The summed E-state index contributed by atoms with van der Waals surface area (Å²) in [5, 5.41) is 2.88. The number of ether oxygens (including phenoxy) is 1. The van der Waals surface area contributed by atoms with Gasteiger partial charge in [-0.2, -0.15) is 0 Å². The standard InChI is InChI=1S/C10H20N2O2/c1-2-14-10(13)12-9-6-4-3-5-8(9)7-11/h8-9H,2-7,11H2,1H3,(H,12,13). The molecule has 0 spiro atoms. The number of alkyl carbamates (subject to hydrolysis) is 1. The Labute approximate surface area is 85.2 Å². The number of hydrogen-bond acceptors (Lipinski definition) is 3. The fourth-order valence-corrected chi connectivity index (χ4v) is 2.00. The molecule has 0 radical (unpaired) electrons. The minimum atomic E-state index is -0.308. The van der Waals surface area contributed by atoms with Crippen molar-refractivity contribution in [1.29, 1.82) is 0 Å². The van der Waals surface area contributed by atoms with Crippen molar-refractivity contribution < 1.29 is 9.53 Å². The van der Waals surface area contributed by atoms with Gasteiger partial charge in [0.25, 0.3) is 0 Å². The van der Waals surface area contributed by atoms with Crippen LogP contribution in [0.4, 0.5) is 4.79 Å². The number of hydrogen-bond donors (Lipinski definition) is 2. The smallest absolute Gasteiger partial charge is 0.407 e. The lowest BCUT2D eigenvalue weighted by molar-refractivity contribution is 0.138. The molecule has 1 amide bonds. The molecule has 2 atom stereocenters. The van der Waals surface area contributed by atoms with E-state index in [4.69, 9.17) is 10.5 Å². The highest BCUT2D eigenvalue weighted by atomic mass is 16.5. The highest BCUT2D eigenvalue weighted by Gasteiger charge is 2.25. The van der Waals surface area contributed by atoms with Crippen molar-refractivity contribution in [3.63, 3.8) is 0 Å². The third-order valence-electron chi connectivity index (χ3n) is 2.79. The Morgan fingerprint density at radius 1 is 1.50 bits per heavy atom. The van der Waals surface area contributed by atoms with E-state index in [1.165, 1.54) is 12.8 Å². The highest BCUT2D eigenvalue weighted by Crippen LogP contribution is 2.23. The Balaban J connectivity index is 2.36. The third kappa shape index (κ3) is 3.18. The summed E-state index contributed by atoms with van der Waals surface area (Å²) in [7, 11) is 0. The second kappa shape index (κ2) is 5.86. The van der Waals surface area contributed by atoms with Crippen LogP contribution in [0.15, 0.2) is 0 Å². The molecule has 0 heterocycles. The van der Waals surface area contributed by atoms with Gasteiger partial charge in [-0.3, -0.25) is 0 Å². The molecule has 4 nitrogen and oxygen atoms in total. The van der Waals surface area contributed by atoms with Crippen LogP contribution in [0.1, 0.15) is 32.6 Å². The van der Waals surface area contributed by atoms with E-state index in [9.17, 15) is 4.79 Å².